The van der Waals surface area contributed by atoms with E-state index in [4.69, 9.17) is 19.2 Å². The molecule has 4 aliphatic heterocycles. The van der Waals surface area contributed by atoms with Crippen LogP contribution >= 0.6 is 0 Å². The predicted octanol–water partition coefficient (Wildman–Crippen LogP) is 5.29. The maximum absolute atomic E-state index is 16.8. The SMILES string of the molecule is CCn1c(-c2cccnc2C(C)OC)c2c3cc(ccc31)N1CCO[C@@H](C[C@H](NC(=O)[C@H](C(C)C)N(C)C(=O)C3(F)CCN(C(=O)C#CC(C)(C)N(C)C)CC3)C(=O)N3CCC[C@H](N3)C(=O)OCC(C)(C)C2)C1. The minimum Gasteiger partial charge on any atom is -0.464 e. The molecule has 73 heavy (non-hydrogen) atoms. The molecule has 0 aliphatic carbocycles. The van der Waals surface area contributed by atoms with Crippen molar-refractivity contribution in [2.75, 3.05) is 79.1 Å². The minimum atomic E-state index is -2.34. The van der Waals surface area contributed by atoms with E-state index < -0.39 is 76.4 Å². The van der Waals surface area contributed by atoms with Crippen LogP contribution in [0.15, 0.2) is 36.5 Å². The Morgan fingerprint density at radius 3 is 2.47 bits per heavy atom. The van der Waals surface area contributed by atoms with E-state index in [-0.39, 0.29) is 51.6 Å². The van der Waals surface area contributed by atoms with E-state index in [2.05, 4.69) is 77.1 Å². The van der Waals surface area contributed by atoms with Gasteiger partial charge < -0.3 is 38.8 Å². The number of carbonyl (C=O) groups is 5. The molecule has 6 heterocycles. The van der Waals surface area contributed by atoms with Gasteiger partial charge in [0.05, 0.1) is 42.3 Å². The van der Waals surface area contributed by atoms with E-state index in [1.165, 1.54) is 17.0 Å². The summed E-state index contributed by atoms with van der Waals surface area (Å²) in [7, 11) is 6.82. The maximum atomic E-state index is 16.8. The van der Waals surface area contributed by atoms with Crippen LogP contribution in [-0.4, -0.2) is 168 Å². The molecule has 0 saturated carbocycles. The summed E-state index contributed by atoms with van der Waals surface area (Å²) in [6.45, 7) is 18.0. The first-order valence-electron chi connectivity index (χ1n) is 26.0. The second-order valence-electron chi connectivity index (χ2n) is 22.2. The summed E-state index contributed by atoms with van der Waals surface area (Å²) < 4.78 is 37.5. The summed E-state index contributed by atoms with van der Waals surface area (Å²) in [5.41, 5.74) is 5.66. The zero-order valence-electron chi connectivity index (χ0n) is 45.1. The van der Waals surface area contributed by atoms with Gasteiger partial charge >= 0.3 is 5.97 Å². The van der Waals surface area contributed by atoms with Gasteiger partial charge in [-0.25, -0.2) is 9.82 Å². The van der Waals surface area contributed by atoms with Crippen LogP contribution in [0.2, 0.25) is 0 Å². The number of aromatic nitrogens is 2. The van der Waals surface area contributed by atoms with Crippen molar-refractivity contribution in [3.63, 3.8) is 0 Å². The van der Waals surface area contributed by atoms with Crippen LogP contribution < -0.4 is 15.6 Å². The summed E-state index contributed by atoms with van der Waals surface area (Å²) in [6.07, 6.45) is 2.04. The number of cyclic esters (lactones) is 1. The molecule has 2 N–H and O–H groups in total. The molecule has 5 atom stereocenters. The number of amides is 4. The molecule has 398 valence electrons. The first kappa shape index (κ1) is 55.1. The molecule has 2 aromatic heterocycles. The molecule has 4 amide bonds. The maximum Gasteiger partial charge on any atom is 0.324 e. The van der Waals surface area contributed by atoms with Crippen molar-refractivity contribution in [2.45, 2.75) is 142 Å². The molecule has 7 rings (SSSR count). The number of methoxy groups -OCH3 is 1. The van der Waals surface area contributed by atoms with Crippen LogP contribution in [0.5, 0.6) is 0 Å². The Morgan fingerprint density at radius 2 is 1.79 bits per heavy atom. The van der Waals surface area contributed by atoms with E-state index in [9.17, 15) is 24.0 Å². The number of benzene rings is 1. The number of morpholine rings is 1. The summed E-state index contributed by atoms with van der Waals surface area (Å²) >= 11 is 0. The zero-order valence-corrected chi connectivity index (χ0v) is 45.1. The number of fused-ring (bicyclic) bond motifs is 6. The summed E-state index contributed by atoms with van der Waals surface area (Å²) in [5, 5.41) is 5.43. The van der Waals surface area contributed by atoms with Crippen LogP contribution in [-0.2, 0) is 51.1 Å². The number of esters is 1. The number of anilines is 1. The van der Waals surface area contributed by atoms with Crippen molar-refractivity contribution in [1.29, 1.82) is 0 Å². The predicted molar refractivity (Wildman–Crippen MR) is 278 cm³/mol. The zero-order chi connectivity index (χ0) is 53.2. The number of hydrazine groups is 1. The van der Waals surface area contributed by atoms with Crippen molar-refractivity contribution in [2.24, 2.45) is 11.3 Å². The number of alkyl halides is 1. The first-order chi connectivity index (χ1) is 34.5. The molecule has 0 spiro atoms. The second-order valence-corrected chi connectivity index (χ2v) is 22.2. The average molecular weight is 1010 g/mol. The number of aryl methyl sites for hydroxylation is 1. The van der Waals surface area contributed by atoms with Gasteiger partial charge in [0.15, 0.2) is 5.67 Å². The van der Waals surface area contributed by atoms with E-state index in [1.807, 2.05) is 45.8 Å². The Morgan fingerprint density at radius 1 is 1.07 bits per heavy atom. The Bertz CT molecular complexity index is 2590. The van der Waals surface area contributed by atoms with Gasteiger partial charge in [0, 0.05) is 106 Å². The second kappa shape index (κ2) is 22.5. The third-order valence-electron chi connectivity index (χ3n) is 15.4. The van der Waals surface area contributed by atoms with Gasteiger partial charge in [0.2, 0.25) is 5.91 Å². The Hall–Kier alpha value is -5.61. The number of carbonyl (C=O) groups excluding carboxylic acids is 5. The molecular formula is C55H78FN9O8. The fraction of sp³-hybridized carbons (Fsp3) is 0.636. The number of likely N-dealkylation sites (tertiary alicyclic amines) is 1. The highest BCUT2D eigenvalue weighted by Gasteiger charge is 2.48. The smallest absolute Gasteiger partial charge is 0.324 e. The lowest BCUT2D eigenvalue weighted by Gasteiger charge is -2.41. The van der Waals surface area contributed by atoms with Gasteiger partial charge in [-0.1, -0.05) is 33.6 Å². The van der Waals surface area contributed by atoms with Crippen LogP contribution in [0.25, 0.3) is 22.2 Å². The number of piperidine rings is 1. The molecule has 18 heteroatoms. The third kappa shape index (κ3) is 12.0. The van der Waals surface area contributed by atoms with Crippen LogP contribution in [0.3, 0.4) is 0 Å². The first-order valence-corrected chi connectivity index (χ1v) is 26.0. The topological polar surface area (TPSA) is 171 Å². The number of nitrogens with zero attached hydrogens (tertiary/aromatic N) is 7. The fourth-order valence-electron chi connectivity index (χ4n) is 10.6. The molecule has 17 nitrogen and oxygen atoms in total. The quantitative estimate of drug-likeness (QED) is 0.199. The number of nitrogens with one attached hydrogen (secondary N) is 2. The van der Waals surface area contributed by atoms with Gasteiger partial charge in [-0.3, -0.25) is 38.9 Å². The highest BCUT2D eigenvalue weighted by molar-refractivity contribution is 5.97. The van der Waals surface area contributed by atoms with Gasteiger partial charge in [-0.15, -0.1) is 0 Å². The molecule has 4 aliphatic rings. The molecule has 0 radical (unpaired) electrons. The van der Waals surface area contributed by atoms with Gasteiger partial charge in [0.25, 0.3) is 17.7 Å². The monoisotopic (exact) mass is 1010 g/mol. The lowest BCUT2D eigenvalue weighted by atomic mass is 9.84. The molecule has 3 fully saturated rings. The van der Waals surface area contributed by atoms with Crippen LogP contribution in [0.4, 0.5) is 10.1 Å². The number of hydrogen-bond donors (Lipinski definition) is 2. The average Bonchev–Trinajstić information content (AvgIpc) is 3.67. The lowest BCUT2D eigenvalue weighted by Crippen LogP contribution is -2.63. The van der Waals surface area contributed by atoms with Crippen molar-refractivity contribution >= 4 is 46.2 Å². The van der Waals surface area contributed by atoms with Gasteiger partial charge in [-0.05, 0) is 109 Å². The third-order valence-corrected chi connectivity index (χ3v) is 15.4. The van der Waals surface area contributed by atoms with Crippen molar-refractivity contribution in [3.05, 3.63) is 47.8 Å². The van der Waals surface area contributed by atoms with Crippen LogP contribution in [0, 0.1) is 23.2 Å². The Kier molecular flexibility index (Phi) is 17.0. The molecule has 6 bridgehead atoms. The number of likely N-dealkylation sites (N-methyl/N-ethyl adjacent to an activating group) is 1. The summed E-state index contributed by atoms with van der Waals surface area (Å²) in [6, 6.07) is 7.37. The Labute approximate surface area is 430 Å². The van der Waals surface area contributed by atoms with E-state index >= 15 is 4.39 Å². The lowest BCUT2D eigenvalue weighted by molar-refractivity contribution is -0.156. The number of ether oxygens (including phenoxy) is 3. The van der Waals surface area contributed by atoms with Crippen LogP contribution in [0.1, 0.15) is 105 Å². The van der Waals surface area contributed by atoms with Crippen molar-refractivity contribution in [3.8, 4) is 23.1 Å². The fourth-order valence-corrected chi connectivity index (χ4v) is 10.6. The largest absolute Gasteiger partial charge is 0.464 e. The number of pyridine rings is 1. The normalized spacial score (nSPS) is 22.5. The Balaban J connectivity index is 1.18. The van der Waals surface area contributed by atoms with Gasteiger partial charge in [0.1, 0.15) is 18.1 Å². The van der Waals surface area contributed by atoms with Gasteiger partial charge in [-0.2, -0.15) is 0 Å². The van der Waals surface area contributed by atoms with Crippen molar-refractivity contribution < 1.29 is 42.6 Å². The molecule has 3 aromatic rings. The van der Waals surface area contributed by atoms with E-state index in [0.29, 0.717) is 45.5 Å². The summed E-state index contributed by atoms with van der Waals surface area (Å²) in [4.78, 5) is 82.2. The van der Waals surface area contributed by atoms with Crippen molar-refractivity contribution in [1.82, 2.24) is 40.0 Å². The van der Waals surface area contributed by atoms with E-state index in [1.54, 1.807) is 27.2 Å². The number of hydrogen-bond acceptors (Lipinski definition) is 12. The highest BCUT2D eigenvalue weighted by atomic mass is 19.1. The minimum absolute atomic E-state index is 0.0172. The summed E-state index contributed by atoms with van der Waals surface area (Å²) in [5.74, 6) is 2.27. The molecule has 3 saturated heterocycles. The standard InChI is InChI=1S/C55H78FN9O8/c1-13-64-44-19-18-37-30-40(44)41(48(64)39-16-14-24-57-46(39)36(4)71-12)32-53(5,6)34-73-51(69)42-17-15-25-65(59-42)50(68)43(31-38-33-63(37)28-29-72-38)58-49(67)47(35(2)3)61(11)52(70)55(56)22-26-62(27-23-55)45(66)20-21-54(7,8)60(9)10/h14,16,18-19,24,30,35-36,38,42-43,47,59H,13,15,17,22-23,25-29,31-34H2,1-12H3,(H,58,67)/t36?,38-,42-,43-,47-/m0/s1. The number of halogens is 1. The van der Waals surface area contributed by atoms with E-state index in [0.717, 1.165) is 44.0 Å². The molecule has 1 aromatic carbocycles. The molecule has 1 unspecified atom stereocenters. The molecular weight excluding hydrogens is 934 g/mol. The number of rotatable bonds is 10. The highest BCUT2D eigenvalue weighted by Crippen LogP contribution is 2.42.